The number of rotatable bonds is 5. The molecule has 3 aromatic rings. The van der Waals surface area contributed by atoms with Crippen molar-refractivity contribution in [3.8, 4) is 17.2 Å². The number of sulfone groups is 1. The number of hydrogen-bond acceptors (Lipinski definition) is 6. The van der Waals surface area contributed by atoms with E-state index in [4.69, 9.17) is 9.15 Å². The van der Waals surface area contributed by atoms with Crippen LogP contribution in [0.2, 0.25) is 0 Å². The Labute approximate surface area is 171 Å². The van der Waals surface area contributed by atoms with Crippen LogP contribution >= 0.6 is 0 Å². The van der Waals surface area contributed by atoms with Crippen molar-refractivity contribution in [2.24, 2.45) is 0 Å². The smallest absolute Gasteiger partial charge is 0.236 e. The number of ether oxygens (including phenoxy) is 1. The van der Waals surface area contributed by atoms with Gasteiger partial charge in [0.25, 0.3) is 0 Å². The second-order valence-corrected chi connectivity index (χ2v) is 8.94. The lowest BCUT2D eigenvalue weighted by molar-refractivity contribution is 0.414. The average molecular weight is 413 g/mol. The predicted octanol–water partition coefficient (Wildman–Crippen LogP) is 4.56. The van der Waals surface area contributed by atoms with Gasteiger partial charge in [-0.15, -0.1) is 0 Å². The van der Waals surface area contributed by atoms with E-state index in [9.17, 15) is 8.42 Å². The molecule has 1 aromatic heterocycles. The van der Waals surface area contributed by atoms with Gasteiger partial charge in [0, 0.05) is 18.7 Å². The monoisotopic (exact) mass is 412 g/mol. The van der Waals surface area contributed by atoms with Gasteiger partial charge in [0.1, 0.15) is 5.75 Å². The molecule has 0 radical (unpaired) electrons. The minimum atomic E-state index is -3.81. The Bertz CT molecular complexity index is 1070. The van der Waals surface area contributed by atoms with Crippen LogP contribution in [0.5, 0.6) is 5.75 Å². The Morgan fingerprint density at radius 1 is 0.966 bits per heavy atom. The summed E-state index contributed by atoms with van der Waals surface area (Å²) in [5, 5.41) is -0.0246. The lowest BCUT2D eigenvalue weighted by Gasteiger charge is -2.20. The van der Waals surface area contributed by atoms with Gasteiger partial charge in [0.15, 0.2) is 0 Å². The first-order valence-corrected chi connectivity index (χ1v) is 11.3. The summed E-state index contributed by atoms with van der Waals surface area (Å²) in [5.41, 5.74) is 0.676. The van der Waals surface area contributed by atoms with E-state index in [1.54, 1.807) is 43.5 Å². The van der Waals surface area contributed by atoms with Crippen molar-refractivity contribution in [3.63, 3.8) is 0 Å². The maximum atomic E-state index is 13.4. The number of benzene rings is 2. The van der Waals surface area contributed by atoms with Crippen molar-refractivity contribution < 1.29 is 17.6 Å². The molecule has 6 nitrogen and oxygen atoms in total. The first-order valence-electron chi connectivity index (χ1n) is 9.80. The highest BCUT2D eigenvalue weighted by Gasteiger charge is 2.31. The van der Waals surface area contributed by atoms with Gasteiger partial charge in [-0.3, -0.25) is 0 Å². The van der Waals surface area contributed by atoms with Crippen LogP contribution in [0.1, 0.15) is 25.7 Å². The van der Waals surface area contributed by atoms with Crippen LogP contribution in [-0.2, 0) is 9.84 Å². The molecular weight excluding hydrogens is 388 g/mol. The van der Waals surface area contributed by atoms with Gasteiger partial charge < -0.3 is 14.1 Å². The zero-order chi connectivity index (χ0) is 20.3. The van der Waals surface area contributed by atoms with E-state index in [-0.39, 0.29) is 15.8 Å². The van der Waals surface area contributed by atoms with Crippen LogP contribution in [0.25, 0.3) is 11.5 Å². The van der Waals surface area contributed by atoms with Crippen molar-refractivity contribution in [3.05, 3.63) is 54.6 Å². The third-order valence-electron chi connectivity index (χ3n) is 5.10. The zero-order valence-electron chi connectivity index (χ0n) is 16.4. The molecule has 2 heterocycles. The predicted molar refractivity (Wildman–Crippen MR) is 111 cm³/mol. The topological polar surface area (TPSA) is 72.6 Å². The minimum absolute atomic E-state index is 0.0246. The molecule has 0 bridgehead atoms. The molecule has 0 aliphatic carbocycles. The molecule has 0 atom stereocenters. The van der Waals surface area contributed by atoms with Gasteiger partial charge in [-0.05, 0) is 43.2 Å². The Morgan fingerprint density at radius 3 is 2.38 bits per heavy atom. The summed E-state index contributed by atoms with van der Waals surface area (Å²) in [6, 6.07) is 15.7. The van der Waals surface area contributed by atoms with E-state index < -0.39 is 9.84 Å². The van der Waals surface area contributed by atoms with Crippen molar-refractivity contribution >= 4 is 15.7 Å². The van der Waals surface area contributed by atoms with Gasteiger partial charge in [0.05, 0.1) is 12.0 Å². The Kier molecular flexibility index (Phi) is 5.58. The average Bonchev–Trinajstić information content (AvgIpc) is 3.04. The van der Waals surface area contributed by atoms with E-state index in [1.807, 2.05) is 23.1 Å². The van der Waals surface area contributed by atoms with Crippen LogP contribution in [0.3, 0.4) is 0 Å². The number of aromatic nitrogens is 1. The van der Waals surface area contributed by atoms with E-state index in [2.05, 4.69) is 4.98 Å². The fraction of sp³-hybridized carbons (Fsp3) is 0.318. The van der Waals surface area contributed by atoms with Gasteiger partial charge in [-0.2, -0.15) is 4.98 Å². The summed E-state index contributed by atoms with van der Waals surface area (Å²) in [7, 11) is -2.23. The molecule has 7 heteroatoms. The fourth-order valence-electron chi connectivity index (χ4n) is 3.54. The van der Waals surface area contributed by atoms with Crippen molar-refractivity contribution in [2.75, 3.05) is 25.1 Å². The van der Waals surface area contributed by atoms with Crippen molar-refractivity contribution in [1.29, 1.82) is 0 Å². The molecule has 1 aliphatic rings. The highest BCUT2D eigenvalue weighted by Crippen LogP contribution is 2.36. The van der Waals surface area contributed by atoms with E-state index in [0.717, 1.165) is 38.8 Å². The molecule has 4 rings (SSSR count). The van der Waals surface area contributed by atoms with Gasteiger partial charge >= 0.3 is 0 Å². The lowest BCUT2D eigenvalue weighted by atomic mass is 10.2. The van der Waals surface area contributed by atoms with Crippen molar-refractivity contribution in [1.82, 2.24) is 4.98 Å². The Morgan fingerprint density at radius 2 is 1.69 bits per heavy atom. The van der Waals surface area contributed by atoms with Gasteiger partial charge in [-0.1, -0.05) is 37.1 Å². The third kappa shape index (κ3) is 4.00. The van der Waals surface area contributed by atoms with E-state index in [0.29, 0.717) is 17.2 Å². The molecule has 0 spiro atoms. The molecule has 1 aliphatic heterocycles. The quantitative estimate of drug-likeness (QED) is 0.612. The second kappa shape index (κ2) is 8.29. The first-order chi connectivity index (χ1) is 14.1. The number of anilines is 1. The van der Waals surface area contributed by atoms with Crippen molar-refractivity contribution in [2.45, 2.75) is 35.6 Å². The molecule has 0 unspecified atom stereocenters. The molecule has 0 N–H and O–H groups in total. The first kappa shape index (κ1) is 19.5. The molecule has 1 fully saturated rings. The van der Waals surface area contributed by atoms with Crippen LogP contribution in [0.15, 0.2) is 68.9 Å². The van der Waals surface area contributed by atoms with Gasteiger partial charge in [-0.25, -0.2) is 8.42 Å². The molecule has 2 aromatic carbocycles. The summed E-state index contributed by atoms with van der Waals surface area (Å²) in [5.74, 6) is 1.26. The summed E-state index contributed by atoms with van der Waals surface area (Å²) >= 11 is 0. The number of methoxy groups -OCH3 is 1. The Balaban J connectivity index is 1.85. The highest BCUT2D eigenvalue weighted by molar-refractivity contribution is 7.91. The molecular formula is C22H24N2O4S. The summed E-state index contributed by atoms with van der Waals surface area (Å²) < 4.78 is 38.1. The molecule has 29 heavy (non-hydrogen) atoms. The van der Waals surface area contributed by atoms with Gasteiger partial charge in [0.2, 0.25) is 26.6 Å². The second-order valence-electron chi connectivity index (χ2n) is 7.08. The van der Waals surface area contributed by atoms with Crippen LogP contribution < -0.4 is 9.64 Å². The highest BCUT2D eigenvalue weighted by atomic mass is 32.2. The third-order valence-corrected chi connectivity index (χ3v) is 6.77. The summed E-state index contributed by atoms with van der Waals surface area (Å²) in [4.78, 5) is 6.68. The van der Waals surface area contributed by atoms with Crippen LogP contribution in [0, 0.1) is 0 Å². The minimum Gasteiger partial charge on any atom is -0.497 e. The standard InChI is InChI=1S/C22H24N2O4S/c1-27-18-11-9-10-17(16-18)20-23-21(29(25,26)19-12-5-4-6-13-19)22(28-20)24-14-7-2-3-8-15-24/h4-6,9-13,16H,2-3,7-8,14-15H2,1H3. The summed E-state index contributed by atoms with van der Waals surface area (Å²) in [6.07, 6.45) is 4.27. The molecule has 0 saturated carbocycles. The molecule has 1 saturated heterocycles. The SMILES string of the molecule is COc1cccc(-c2nc(S(=O)(=O)c3ccccc3)c(N3CCCCCC3)o2)c1. The molecule has 0 amide bonds. The van der Waals surface area contributed by atoms with Crippen LogP contribution in [-0.4, -0.2) is 33.6 Å². The molecule has 152 valence electrons. The maximum Gasteiger partial charge on any atom is 0.236 e. The maximum absolute atomic E-state index is 13.4. The number of nitrogens with zero attached hydrogens (tertiary/aromatic N) is 2. The zero-order valence-corrected chi connectivity index (χ0v) is 17.2. The summed E-state index contributed by atoms with van der Waals surface area (Å²) in [6.45, 7) is 1.51. The number of oxazole rings is 1. The lowest BCUT2D eigenvalue weighted by Crippen LogP contribution is -2.25. The Hall–Kier alpha value is -2.80. The van der Waals surface area contributed by atoms with E-state index in [1.165, 1.54) is 0 Å². The van der Waals surface area contributed by atoms with E-state index >= 15 is 0 Å². The number of hydrogen-bond donors (Lipinski definition) is 0. The normalized spacial score (nSPS) is 15.1. The van der Waals surface area contributed by atoms with Crippen LogP contribution in [0.4, 0.5) is 5.88 Å². The fourth-order valence-corrected chi connectivity index (χ4v) is 4.88. The largest absolute Gasteiger partial charge is 0.497 e.